The van der Waals surface area contributed by atoms with Gasteiger partial charge in [-0.3, -0.25) is 9.59 Å². The maximum Gasteiger partial charge on any atom is 0.314 e. The number of rotatable bonds is 7. The molecule has 0 fully saturated rings. The van der Waals surface area contributed by atoms with Crippen molar-refractivity contribution in [1.82, 2.24) is 5.43 Å². The van der Waals surface area contributed by atoms with Crippen LogP contribution in [-0.4, -0.2) is 30.7 Å². The molecule has 23 heavy (non-hydrogen) atoms. The van der Waals surface area contributed by atoms with Crippen molar-refractivity contribution < 1.29 is 14.3 Å². The Morgan fingerprint density at radius 3 is 2.74 bits per heavy atom. The number of hydrogen-bond acceptors (Lipinski definition) is 5. The van der Waals surface area contributed by atoms with Crippen molar-refractivity contribution in [3.8, 4) is 0 Å². The molecule has 1 amide bonds. The van der Waals surface area contributed by atoms with E-state index >= 15 is 0 Å². The average molecular weight is 340 g/mol. The van der Waals surface area contributed by atoms with E-state index in [9.17, 15) is 9.59 Å². The molecule has 0 saturated carbocycles. The molecule has 0 heterocycles. The van der Waals surface area contributed by atoms with Crippen LogP contribution in [0.5, 0.6) is 0 Å². The standard InChI is InChI=1S/C16H22ClN3O3/c1-5-23-16(22)10(2)12(4)19-20-15(21)9-18-14-8-6-7-13(17)11(14)3/h6-8,10,18H,5,9H2,1-4H3,(H,20,21)/t10-/m1/s1. The van der Waals surface area contributed by atoms with E-state index in [1.165, 1.54) is 0 Å². The lowest BCUT2D eigenvalue weighted by Crippen LogP contribution is -2.29. The fourth-order valence-electron chi connectivity index (χ4n) is 1.70. The second kappa shape index (κ2) is 9.15. The summed E-state index contributed by atoms with van der Waals surface area (Å²) in [4.78, 5) is 23.4. The quantitative estimate of drug-likeness (QED) is 0.455. The van der Waals surface area contributed by atoms with Crippen molar-refractivity contribution in [3.05, 3.63) is 28.8 Å². The maximum absolute atomic E-state index is 11.8. The van der Waals surface area contributed by atoms with Crippen LogP contribution in [0.1, 0.15) is 26.3 Å². The van der Waals surface area contributed by atoms with Gasteiger partial charge in [-0.2, -0.15) is 5.10 Å². The molecule has 0 aliphatic heterocycles. The molecule has 0 unspecified atom stereocenters. The number of nitrogens with zero attached hydrogens (tertiary/aromatic N) is 1. The van der Waals surface area contributed by atoms with Crippen molar-refractivity contribution in [2.45, 2.75) is 27.7 Å². The van der Waals surface area contributed by atoms with E-state index in [2.05, 4.69) is 15.8 Å². The van der Waals surface area contributed by atoms with Crippen LogP contribution >= 0.6 is 11.6 Å². The third kappa shape index (κ3) is 5.90. The number of ether oxygens (including phenoxy) is 1. The maximum atomic E-state index is 11.8. The minimum absolute atomic E-state index is 0.0474. The lowest BCUT2D eigenvalue weighted by atomic mass is 10.1. The topological polar surface area (TPSA) is 79.8 Å². The molecule has 0 radical (unpaired) electrons. The number of anilines is 1. The molecule has 0 spiro atoms. The number of esters is 1. The van der Waals surface area contributed by atoms with Crippen LogP contribution in [0.2, 0.25) is 5.02 Å². The molecular formula is C16H22ClN3O3. The van der Waals surface area contributed by atoms with Crippen molar-refractivity contribution in [2.24, 2.45) is 11.0 Å². The Kier molecular flexibility index (Phi) is 7.54. The van der Waals surface area contributed by atoms with E-state index in [0.717, 1.165) is 11.3 Å². The van der Waals surface area contributed by atoms with Gasteiger partial charge in [0.25, 0.3) is 5.91 Å². The van der Waals surface area contributed by atoms with Gasteiger partial charge in [0.1, 0.15) is 0 Å². The summed E-state index contributed by atoms with van der Waals surface area (Å²) in [7, 11) is 0. The van der Waals surface area contributed by atoms with Crippen molar-refractivity contribution in [3.63, 3.8) is 0 Å². The Hall–Kier alpha value is -2.08. The Bertz CT molecular complexity index is 602. The Labute approximate surface area is 141 Å². The van der Waals surface area contributed by atoms with Crippen LogP contribution in [0.4, 0.5) is 5.69 Å². The summed E-state index contributed by atoms with van der Waals surface area (Å²) < 4.78 is 4.90. The average Bonchev–Trinajstić information content (AvgIpc) is 2.53. The SMILES string of the molecule is CCOC(=O)[C@H](C)C(C)=NNC(=O)CNc1cccc(Cl)c1C. The molecule has 0 bridgehead atoms. The van der Waals surface area contributed by atoms with Crippen LogP contribution in [-0.2, 0) is 14.3 Å². The number of nitrogens with one attached hydrogen (secondary N) is 2. The van der Waals surface area contributed by atoms with Crippen LogP contribution in [0.25, 0.3) is 0 Å². The number of carbonyl (C=O) groups excluding carboxylic acids is 2. The molecule has 1 aromatic carbocycles. The predicted octanol–water partition coefficient (Wildman–Crippen LogP) is 2.75. The van der Waals surface area contributed by atoms with Crippen LogP contribution in [0, 0.1) is 12.8 Å². The highest BCUT2D eigenvalue weighted by Crippen LogP contribution is 2.22. The fraction of sp³-hybridized carbons (Fsp3) is 0.438. The first-order chi connectivity index (χ1) is 10.9. The fourth-order valence-corrected chi connectivity index (χ4v) is 1.87. The van der Waals surface area contributed by atoms with Crippen LogP contribution in [0.3, 0.4) is 0 Å². The molecular weight excluding hydrogens is 318 g/mol. The van der Waals surface area contributed by atoms with Gasteiger partial charge in [-0.25, -0.2) is 5.43 Å². The Balaban J connectivity index is 2.52. The van der Waals surface area contributed by atoms with Gasteiger partial charge in [0.15, 0.2) is 0 Å². The van der Waals surface area contributed by atoms with E-state index < -0.39 is 5.92 Å². The monoisotopic (exact) mass is 339 g/mol. The molecule has 1 atom stereocenters. The molecule has 0 aliphatic carbocycles. The first-order valence-electron chi connectivity index (χ1n) is 7.35. The van der Waals surface area contributed by atoms with Gasteiger partial charge >= 0.3 is 5.97 Å². The van der Waals surface area contributed by atoms with Gasteiger partial charge in [0.2, 0.25) is 0 Å². The van der Waals surface area contributed by atoms with Crippen molar-refractivity contribution in [2.75, 3.05) is 18.5 Å². The third-order valence-electron chi connectivity index (χ3n) is 3.33. The number of amides is 1. The predicted molar refractivity (Wildman–Crippen MR) is 91.7 cm³/mol. The lowest BCUT2D eigenvalue weighted by molar-refractivity contribution is -0.145. The summed E-state index contributed by atoms with van der Waals surface area (Å²) in [6, 6.07) is 5.43. The summed E-state index contributed by atoms with van der Waals surface area (Å²) >= 11 is 6.02. The first kappa shape index (κ1) is 19.0. The largest absolute Gasteiger partial charge is 0.465 e. The summed E-state index contributed by atoms with van der Waals surface area (Å²) in [6.07, 6.45) is 0. The highest BCUT2D eigenvalue weighted by molar-refractivity contribution is 6.31. The summed E-state index contributed by atoms with van der Waals surface area (Å²) in [5, 5.41) is 7.55. The third-order valence-corrected chi connectivity index (χ3v) is 3.74. The van der Waals surface area contributed by atoms with Gasteiger partial charge in [0, 0.05) is 16.4 Å². The first-order valence-corrected chi connectivity index (χ1v) is 7.73. The molecule has 0 aromatic heterocycles. The van der Waals surface area contributed by atoms with Crippen LogP contribution in [0.15, 0.2) is 23.3 Å². The van der Waals surface area contributed by atoms with Crippen molar-refractivity contribution in [1.29, 1.82) is 0 Å². The van der Waals surface area contributed by atoms with Gasteiger partial charge in [0.05, 0.1) is 19.1 Å². The minimum Gasteiger partial charge on any atom is -0.465 e. The molecule has 126 valence electrons. The van der Waals surface area contributed by atoms with Gasteiger partial charge in [-0.15, -0.1) is 0 Å². The molecule has 6 nitrogen and oxygen atoms in total. The van der Waals surface area contributed by atoms with E-state index in [1.54, 1.807) is 32.9 Å². The normalized spacial score (nSPS) is 12.5. The lowest BCUT2D eigenvalue weighted by Gasteiger charge is -2.11. The molecule has 2 N–H and O–H groups in total. The van der Waals surface area contributed by atoms with Crippen LogP contribution < -0.4 is 10.7 Å². The zero-order valence-electron chi connectivity index (χ0n) is 13.8. The summed E-state index contributed by atoms with van der Waals surface area (Å²) in [5.41, 5.74) is 4.55. The smallest absolute Gasteiger partial charge is 0.314 e. The minimum atomic E-state index is -0.501. The van der Waals surface area contributed by atoms with E-state index in [0.29, 0.717) is 17.3 Å². The number of hydrazone groups is 1. The number of carbonyl (C=O) groups is 2. The number of halogens is 1. The van der Waals surface area contributed by atoms with Gasteiger partial charge < -0.3 is 10.1 Å². The number of hydrogen-bond donors (Lipinski definition) is 2. The Morgan fingerprint density at radius 2 is 2.09 bits per heavy atom. The van der Waals surface area contributed by atoms with Gasteiger partial charge in [-0.05, 0) is 45.4 Å². The summed E-state index contributed by atoms with van der Waals surface area (Å²) in [5.74, 6) is -1.19. The van der Waals surface area contributed by atoms with E-state index in [1.807, 2.05) is 13.0 Å². The zero-order valence-corrected chi connectivity index (χ0v) is 14.5. The van der Waals surface area contributed by atoms with E-state index in [4.69, 9.17) is 16.3 Å². The van der Waals surface area contributed by atoms with Gasteiger partial charge in [-0.1, -0.05) is 17.7 Å². The summed E-state index contributed by atoms with van der Waals surface area (Å²) in [6.45, 7) is 7.30. The molecule has 1 rings (SSSR count). The highest BCUT2D eigenvalue weighted by atomic mass is 35.5. The van der Waals surface area contributed by atoms with E-state index in [-0.39, 0.29) is 18.4 Å². The molecule has 0 aliphatic rings. The molecule has 0 saturated heterocycles. The molecule has 1 aromatic rings. The Morgan fingerprint density at radius 1 is 1.39 bits per heavy atom. The highest BCUT2D eigenvalue weighted by Gasteiger charge is 2.17. The van der Waals surface area contributed by atoms with Crippen molar-refractivity contribution >= 4 is 34.9 Å². The molecule has 7 heteroatoms. The number of benzene rings is 1. The zero-order chi connectivity index (χ0) is 17.4. The second-order valence-electron chi connectivity index (χ2n) is 5.03. The second-order valence-corrected chi connectivity index (χ2v) is 5.44.